The van der Waals surface area contributed by atoms with Gasteiger partial charge in [-0.25, -0.2) is 22.9 Å². The van der Waals surface area contributed by atoms with Gasteiger partial charge in [-0.1, -0.05) is 20.8 Å². The Morgan fingerprint density at radius 1 is 1.38 bits per heavy atom. The van der Waals surface area contributed by atoms with Gasteiger partial charge in [-0.2, -0.15) is 0 Å². The molecule has 1 heterocycles. The number of carboxylic acid groups (broad SMARTS) is 1. The Kier molecular flexibility index (Phi) is 6.10. The van der Waals surface area contributed by atoms with Crippen LogP contribution >= 0.6 is 0 Å². The van der Waals surface area contributed by atoms with Crippen LogP contribution < -0.4 is 10.0 Å². The molecule has 0 fully saturated rings. The van der Waals surface area contributed by atoms with E-state index >= 15 is 0 Å². The lowest BCUT2D eigenvalue weighted by Gasteiger charge is -2.11. The molecule has 0 radical (unpaired) electrons. The second-order valence-corrected chi connectivity index (χ2v) is 6.80. The van der Waals surface area contributed by atoms with Crippen LogP contribution in [0, 0.1) is 0 Å². The van der Waals surface area contributed by atoms with Gasteiger partial charge >= 0.3 is 5.97 Å². The molecule has 1 aromatic rings. The fourth-order valence-electron chi connectivity index (χ4n) is 1.67. The van der Waals surface area contributed by atoms with Crippen molar-refractivity contribution >= 4 is 21.8 Å². The summed E-state index contributed by atoms with van der Waals surface area (Å²) >= 11 is 0. The van der Waals surface area contributed by atoms with Crippen LogP contribution in [0.2, 0.25) is 0 Å². The summed E-state index contributed by atoms with van der Waals surface area (Å²) in [6.45, 7) is 6.02. The van der Waals surface area contributed by atoms with Gasteiger partial charge in [0.2, 0.25) is 10.0 Å². The largest absolute Gasteiger partial charge is 0.478 e. The third-order valence-electron chi connectivity index (χ3n) is 2.72. The minimum atomic E-state index is -3.31. The monoisotopic (exact) mass is 315 g/mol. The average Bonchev–Trinajstić information content (AvgIpc) is 2.37. The van der Waals surface area contributed by atoms with Crippen LogP contribution in [0.5, 0.6) is 0 Å². The van der Waals surface area contributed by atoms with E-state index < -0.39 is 16.0 Å². The molecule has 0 aromatic carbocycles. The number of aromatic carboxylic acids is 1. The number of carbonyl (C=O) groups is 1. The van der Waals surface area contributed by atoms with Crippen molar-refractivity contribution in [1.29, 1.82) is 0 Å². The van der Waals surface area contributed by atoms with E-state index in [-0.39, 0.29) is 23.8 Å². The molecule has 1 aromatic heterocycles. The number of carboxylic acids is 1. The van der Waals surface area contributed by atoms with E-state index in [2.05, 4.69) is 15.0 Å². The predicted molar refractivity (Wildman–Crippen MR) is 81.2 cm³/mol. The number of rotatable bonds is 8. The highest BCUT2D eigenvalue weighted by atomic mass is 32.2. The van der Waals surface area contributed by atoms with Gasteiger partial charge in [0.25, 0.3) is 0 Å². The molecule has 21 heavy (non-hydrogen) atoms. The molecule has 0 atom stereocenters. The summed E-state index contributed by atoms with van der Waals surface area (Å²) in [6.07, 6.45) is 0. The molecular formula is C13H21N3O4S. The number of hydrogen-bond donors (Lipinski definition) is 3. The number of hydrogen-bond acceptors (Lipinski definition) is 5. The summed E-state index contributed by atoms with van der Waals surface area (Å²) in [7, 11) is -3.31. The molecule has 7 nitrogen and oxygen atoms in total. The first-order valence-corrected chi connectivity index (χ1v) is 8.37. The number of nitrogens with one attached hydrogen (secondary N) is 2. The predicted octanol–water partition coefficient (Wildman–Crippen LogP) is 1.25. The van der Waals surface area contributed by atoms with Crippen molar-refractivity contribution < 1.29 is 18.3 Å². The molecule has 8 heteroatoms. The summed E-state index contributed by atoms with van der Waals surface area (Å²) in [6, 6.07) is 2.92. The normalized spacial score (nSPS) is 11.6. The van der Waals surface area contributed by atoms with Crippen LogP contribution in [0.1, 0.15) is 42.7 Å². The Labute approximate surface area is 124 Å². The van der Waals surface area contributed by atoms with E-state index in [1.165, 1.54) is 12.1 Å². The lowest BCUT2D eigenvalue weighted by Crippen LogP contribution is -2.29. The third kappa shape index (κ3) is 5.68. The zero-order chi connectivity index (χ0) is 16.0. The SMILES string of the molecule is CCNS(=O)(=O)CCNc1cc(C(=O)O)cc(C(C)C)n1. The summed E-state index contributed by atoms with van der Waals surface area (Å²) in [5.41, 5.74) is 0.776. The molecule has 0 saturated carbocycles. The number of nitrogens with zero attached hydrogens (tertiary/aromatic N) is 1. The van der Waals surface area contributed by atoms with Crippen molar-refractivity contribution in [3.05, 3.63) is 23.4 Å². The molecule has 0 unspecified atom stereocenters. The highest BCUT2D eigenvalue weighted by molar-refractivity contribution is 7.89. The van der Waals surface area contributed by atoms with Crippen LogP contribution in [0.25, 0.3) is 0 Å². The second-order valence-electron chi connectivity index (χ2n) is 4.87. The minimum Gasteiger partial charge on any atom is -0.478 e. The smallest absolute Gasteiger partial charge is 0.335 e. The van der Waals surface area contributed by atoms with Crippen molar-refractivity contribution in [3.8, 4) is 0 Å². The maximum Gasteiger partial charge on any atom is 0.335 e. The zero-order valence-electron chi connectivity index (χ0n) is 12.4. The van der Waals surface area contributed by atoms with Gasteiger partial charge in [0.05, 0.1) is 11.3 Å². The number of aromatic nitrogens is 1. The van der Waals surface area contributed by atoms with Crippen molar-refractivity contribution in [1.82, 2.24) is 9.71 Å². The van der Waals surface area contributed by atoms with Crippen molar-refractivity contribution in [2.24, 2.45) is 0 Å². The molecule has 1 rings (SSSR count). The van der Waals surface area contributed by atoms with E-state index in [1.807, 2.05) is 13.8 Å². The zero-order valence-corrected chi connectivity index (χ0v) is 13.2. The van der Waals surface area contributed by atoms with Gasteiger partial charge < -0.3 is 10.4 Å². The molecule has 0 amide bonds. The van der Waals surface area contributed by atoms with E-state index in [9.17, 15) is 13.2 Å². The highest BCUT2D eigenvalue weighted by Crippen LogP contribution is 2.17. The second kappa shape index (κ2) is 7.37. The molecule has 0 aliphatic heterocycles. The van der Waals surface area contributed by atoms with Crippen molar-refractivity contribution in [3.63, 3.8) is 0 Å². The van der Waals surface area contributed by atoms with E-state index in [0.717, 1.165) is 0 Å². The van der Waals surface area contributed by atoms with Gasteiger partial charge in [0.1, 0.15) is 5.82 Å². The van der Waals surface area contributed by atoms with Crippen LogP contribution in [-0.4, -0.2) is 43.3 Å². The molecule has 3 N–H and O–H groups in total. The molecule has 0 spiro atoms. The highest BCUT2D eigenvalue weighted by Gasteiger charge is 2.12. The Hall–Kier alpha value is -1.67. The summed E-state index contributed by atoms with van der Waals surface area (Å²) < 4.78 is 25.4. The van der Waals surface area contributed by atoms with Gasteiger partial charge in [0, 0.05) is 18.8 Å². The van der Waals surface area contributed by atoms with Gasteiger partial charge in [-0.15, -0.1) is 0 Å². The molecule has 0 saturated heterocycles. The standard InChI is InChI=1S/C13H21N3O4S/c1-4-15-21(19,20)6-5-14-12-8-10(13(17)18)7-11(16-12)9(2)3/h7-9,15H,4-6H2,1-3H3,(H,14,16)(H,17,18). The fourth-order valence-corrected chi connectivity index (χ4v) is 2.62. The Morgan fingerprint density at radius 2 is 2.05 bits per heavy atom. The molecular weight excluding hydrogens is 294 g/mol. The summed E-state index contributed by atoms with van der Waals surface area (Å²) in [4.78, 5) is 15.4. The number of anilines is 1. The van der Waals surface area contributed by atoms with E-state index in [1.54, 1.807) is 6.92 Å². The van der Waals surface area contributed by atoms with E-state index in [4.69, 9.17) is 5.11 Å². The average molecular weight is 315 g/mol. The van der Waals surface area contributed by atoms with Gasteiger partial charge in [-0.3, -0.25) is 0 Å². The molecule has 0 aliphatic rings. The first-order chi connectivity index (χ1) is 9.75. The number of sulfonamides is 1. The molecule has 0 bridgehead atoms. The van der Waals surface area contributed by atoms with Crippen molar-refractivity contribution in [2.75, 3.05) is 24.2 Å². The number of pyridine rings is 1. The maximum atomic E-state index is 11.5. The summed E-state index contributed by atoms with van der Waals surface area (Å²) in [5, 5.41) is 11.9. The minimum absolute atomic E-state index is 0.0790. The maximum absolute atomic E-state index is 11.5. The molecule has 0 aliphatic carbocycles. The van der Waals surface area contributed by atoms with Crippen LogP contribution in [0.3, 0.4) is 0 Å². The lowest BCUT2D eigenvalue weighted by atomic mass is 10.1. The van der Waals surface area contributed by atoms with Gasteiger partial charge in [0.15, 0.2) is 0 Å². The first-order valence-electron chi connectivity index (χ1n) is 6.71. The summed E-state index contributed by atoms with van der Waals surface area (Å²) in [5.74, 6) is -0.695. The van der Waals surface area contributed by atoms with Gasteiger partial charge in [-0.05, 0) is 18.1 Å². The van der Waals surface area contributed by atoms with E-state index in [0.29, 0.717) is 18.1 Å². The van der Waals surface area contributed by atoms with Crippen LogP contribution in [-0.2, 0) is 10.0 Å². The topological polar surface area (TPSA) is 108 Å². The van der Waals surface area contributed by atoms with Crippen LogP contribution in [0.4, 0.5) is 5.82 Å². The van der Waals surface area contributed by atoms with Crippen LogP contribution in [0.15, 0.2) is 12.1 Å². The Bertz CT molecular complexity index is 599. The van der Waals surface area contributed by atoms with Crippen molar-refractivity contribution in [2.45, 2.75) is 26.7 Å². The third-order valence-corrected chi connectivity index (χ3v) is 4.19. The molecule has 118 valence electrons. The Balaban J connectivity index is 2.81. The quantitative estimate of drug-likeness (QED) is 0.666. The fraction of sp³-hybridized carbons (Fsp3) is 0.538. The Morgan fingerprint density at radius 3 is 2.57 bits per heavy atom. The lowest BCUT2D eigenvalue weighted by molar-refractivity contribution is 0.0696. The first kappa shape index (κ1) is 17.4.